The van der Waals surface area contributed by atoms with Crippen LogP contribution in [0.15, 0.2) is 24.3 Å². The molecule has 3 nitrogen and oxygen atoms in total. The van der Waals surface area contributed by atoms with Crippen molar-refractivity contribution in [2.24, 2.45) is 11.3 Å². The van der Waals surface area contributed by atoms with Crippen LogP contribution in [-0.2, 0) is 4.74 Å². The summed E-state index contributed by atoms with van der Waals surface area (Å²) in [6.07, 6.45) is 1.05. The van der Waals surface area contributed by atoms with Crippen LogP contribution >= 0.6 is 0 Å². The second-order valence-electron chi connectivity index (χ2n) is 6.66. The van der Waals surface area contributed by atoms with E-state index < -0.39 is 0 Å². The van der Waals surface area contributed by atoms with E-state index in [9.17, 15) is 4.39 Å². The third-order valence-corrected chi connectivity index (χ3v) is 4.06. The van der Waals surface area contributed by atoms with E-state index in [0.29, 0.717) is 5.92 Å². The number of anilines is 1. The van der Waals surface area contributed by atoms with Gasteiger partial charge in [-0.2, -0.15) is 0 Å². The predicted octanol–water partition coefficient (Wildman–Crippen LogP) is 2.91. The monoisotopic (exact) mass is 294 g/mol. The molecule has 0 spiro atoms. The standard InChI is InChI=1S/C17H27FN2O/c1-14(2)10-19-11-17(7-8-21-13-17)12-20(3)16-6-4-5-15(18)9-16/h4-6,9,14,19H,7-8,10-13H2,1-3H3. The molecule has 0 saturated carbocycles. The van der Waals surface area contributed by atoms with Gasteiger partial charge in [0.2, 0.25) is 0 Å². The van der Waals surface area contributed by atoms with E-state index in [1.165, 1.54) is 6.07 Å². The zero-order valence-corrected chi connectivity index (χ0v) is 13.4. The molecule has 1 aliphatic rings. The number of ether oxygens (including phenoxy) is 1. The molecule has 0 radical (unpaired) electrons. The average Bonchev–Trinajstić information content (AvgIpc) is 2.87. The maximum atomic E-state index is 13.4. The molecule has 1 aromatic rings. The van der Waals surface area contributed by atoms with Crippen LogP contribution in [0.1, 0.15) is 20.3 Å². The summed E-state index contributed by atoms with van der Waals surface area (Å²) >= 11 is 0. The maximum absolute atomic E-state index is 13.4. The fourth-order valence-electron chi connectivity index (χ4n) is 2.90. The van der Waals surface area contributed by atoms with Crippen molar-refractivity contribution in [3.05, 3.63) is 30.1 Å². The van der Waals surface area contributed by atoms with Gasteiger partial charge in [0.1, 0.15) is 5.82 Å². The van der Waals surface area contributed by atoms with Gasteiger partial charge < -0.3 is 15.0 Å². The lowest BCUT2D eigenvalue weighted by Gasteiger charge is -2.34. The minimum atomic E-state index is -0.186. The minimum absolute atomic E-state index is 0.121. The molecule has 0 aromatic heterocycles. The van der Waals surface area contributed by atoms with Crippen molar-refractivity contribution in [3.63, 3.8) is 0 Å². The molecule has 118 valence electrons. The number of hydrogen-bond donors (Lipinski definition) is 1. The van der Waals surface area contributed by atoms with Gasteiger partial charge in [-0.25, -0.2) is 4.39 Å². The van der Waals surface area contributed by atoms with Crippen LogP contribution in [0.2, 0.25) is 0 Å². The number of rotatable bonds is 7. The first-order valence-electron chi connectivity index (χ1n) is 7.76. The van der Waals surface area contributed by atoms with Crippen LogP contribution in [0.4, 0.5) is 10.1 Å². The highest BCUT2D eigenvalue weighted by Crippen LogP contribution is 2.30. The molecule has 0 amide bonds. The number of nitrogens with zero attached hydrogens (tertiary/aromatic N) is 1. The van der Waals surface area contributed by atoms with E-state index >= 15 is 0 Å². The van der Waals surface area contributed by atoms with Gasteiger partial charge in [0.15, 0.2) is 0 Å². The van der Waals surface area contributed by atoms with Gasteiger partial charge in [0.25, 0.3) is 0 Å². The molecule has 1 aromatic carbocycles. The van der Waals surface area contributed by atoms with Gasteiger partial charge in [-0.3, -0.25) is 0 Å². The quantitative estimate of drug-likeness (QED) is 0.837. The van der Waals surface area contributed by atoms with Crippen LogP contribution < -0.4 is 10.2 Å². The van der Waals surface area contributed by atoms with Crippen LogP contribution in [0, 0.1) is 17.2 Å². The molecule has 1 fully saturated rings. The SMILES string of the molecule is CC(C)CNCC1(CN(C)c2cccc(F)c2)CCOC1. The Morgan fingerprint density at radius 1 is 1.43 bits per heavy atom. The van der Waals surface area contributed by atoms with E-state index in [1.54, 1.807) is 12.1 Å². The van der Waals surface area contributed by atoms with Crippen molar-refractivity contribution in [3.8, 4) is 0 Å². The molecular weight excluding hydrogens is 267 g/mol. The van der Waals surface area contributed by atoms with Crippen LogP contribution in [0.25, 0.3) is 0 Å². The number of halogens is 1. The zero-order chi connectivity index (χ0) is 15.3. The normalized spacial score (nSPS) is 22.0. The van der Waals surface area contributed by atoms with Gasteiger partial charge in [0.05, 0.1) is 6.61 Å². The Hall–Kier alpha value is -1.13. The Labute approximate surface area is 127 Å². The van der Waals surface area contributed by atoms with Gasteiger partial charge in [0, 0.05) is 37.8 Å². The second kappa shape index (κ2) is 7.23. The van der Waals surface area contributed by atoms with E-state index in [0.717, 1.165) is 45.0 Å². The van der Waals surface area contributed by atoms with Crippen molar-refractivity contribution >= 4 is 5.69 Å². The minimum Gasteiger partial charge on any atom is -0.381 e. The lowest BCUT2D eigenvalue weighted by atomic mass is 9.86. The Balaban J connectivity index is 1.98. The first kappa shape index (κ1) is 16.2. The smallest absolute Gasteiger partial charge is 0.125 e. The fourth-order valence-corrected chi connectivity index (χ4v) is 2.90. The third-order valence-electron chi connectivity index (χ3n) is 4.06. The predicted molar refractivity (Wildman–Crippen MR) is 85.2 cm³/mol. The van der Waals surface area contributed by atoms with E-state index in [1.807, 2.05) is 13.1 Å². The number of benzene rings is 1. The van der Waals surface area contributed by atoms with Crippen molar-refractivity contribution in [1.29, 1.82) is 0 Å². The molecule has 0 bridgehead atoms. The maximum Gasteiger partial charge on any atom is 0.125 e. The van der Waals surface area contributed by atoms with Crippen molar-refractivity contribution < 1.29 is 9.13 Å². The highest BCUT2D eigenvalue weighted by Gasteiger charge is 2.35. The summed E-state index contributed by atoms with van der Waals surface area (Å²) in [7, 11) is 2.03. The molecule has 1 aliphatic heterocycles. The topological polar surface area (TPSA) is 24.5 Å². The second-order valence-corrected chi connectivity index (χ2v) is 6.66. The molecule has 0 aliphatic carbocycles. The summed E-state index contributed by atoms with van der Waals surface area (Å²) in [5.41, 5.74) is 1.04. The first-order chi connectivity index (χ1) is 10.0. The van der Waals surface area contributed by atoms with Gasteiger partial charge in [-0.05, 0) is 37.1 Å². The van der Waals surface area contributed by atoms with Crippen LogP contribution in [0.3, 0.4) is 0 Å². The Kier molecular flexibility index (Phi) is 5.59. The van der Waals surface area contributed by atoms with Crippen LogP contribution in [0.5, 0.6) is 0 Å². The highest BCUT2D eigenvalue weighted by molar-refractivity contribution is 5.45. The van der Waals surface area contributed by atoms with Crippen molar-refractivity contribution in [2.45, 2.75) is 20.3 Å². The number of hydrogen-bond acceptors (Lipinski definition) is 3. The zero-order valence-electron chi connectivity index (χ0n) is 13.4. The average molecular weight is 294 g/mol. The first-order valence-corrected chi connectivity index (χ1v) is 7.76. The van der Waals surface area contributed by atoms with Crippen molar-refractivity contribution in [2.75, 3.05) is 44.8 Å². The molecule has 1 atom stereocenters. The molecule has 1 unspecified atom stereocenters. The summed E-state index contributed by atoms with van der Waals surface area (Å²) in [5.74, 6) is 0.458. The molecule has 4 heteroatoms. The largest absolute Gasteiger partial charge is 0.381 e. The van der Waals surface area contributed by atoms with Gasteiger partial charge in [-0.1, -0.05) is 19.9 Å². The summed E-state index contributed by atoms with van der Waals surface area (Å²) in [4.78, 5) is 2.13. The molecule has 2 rings (SSSR count). The Morgan fingerprint density at radius 3 is 2.86 bits per heavy atom. The van der Waals surface area contributed by atoms with Crippen molar-refractivity contribution in [1.82, 2.24) is 5.32 Å². The Bertz CT molecular complexity index is 444. The van der Waals surface area contributed by atoms with E-state index in [4.69, 9.17) is 4.74 Å². The highest BCUT2D eigenvalue weighted by atomic mass is 19.1. The number of nitrogens with one attached hydrogen (secondary N) is 1. The van der Waals surface area contributed by atoms with E-state index in [2.05, 4.69) is 24.1 Å². The molecule has 1 saturated heterocycles. The molecule has 1 heterocycles. The lowest BCUT2D eigenvalue weighted by Crippen LogP contribution is -2.44. The van der Waals surface area contributed by atoms with Gasteiger partial charge >= 0.3 is 0 Å². The van der Waals surface area contributed by atoms with E-state index in [-0.39, 0.29) is 11.2 Å². The lowest BCUT2D eigenvalue weighted by molar-refractivity contribution is 0.152. The van der Waals surface area contributed by atoms with Gasteiger partial charge in [-0.15, -0.1) is 0 Å². The summed E-state index contributed by atoms with van der Waals surface area (Å²) < 4.78 is 19.0. The fraction of sp³-hybridized carbons (Fsp3) is 0.647. The molecular formula is C17H27FN2O. The summed E-state index contributed by atoms with van der Waals surface area (Å²) in [5, 5.41) is 3.56. The molecule has 1 N–H and O–H groups in total. The third kappa shape index (κ3) is 4.68. The summed E-state index contributed by atoms with van der Waals surface area (Å²) in [6, 6.07) is 6.78. The van der Waals surface area contributed by atoms with Crippen LogP contribution in [-0.4, -0.2) is 39.9 Å². The molecule has 21 heavy (non-hydrogen) atoms. The Morgan fingerprint density at radius 2 is 2.24 bits per heavy atom. The summed E-state index contributed by atoms with van der Waals surface area (Å²) in [6.45, 7) is 8.86.